The van der Waals surface area contributed by atoms with Gasteiger partial charge >= 0.3 is 12.2 Å². The second-order valence-corrected chi connectivity index (χ2v) is 9.29. The third-order valence-corrected chi connectivity index (χ3v) is 6.76. The number of thioether (sulfide) groups is 1. The summed E-state index contributed by atoms with van der Waals surface area (Å²) in [6, 6.07) is 10.4. The normalized spacial score (nSPS) is 11.4. The number of sulfone groups is 1. The molecule has 0 aliphatic heterocycles. The standard InChI is InChI=1S/C21H24N4O7S2/c1-5-18(26)22-16-10-9-15(34(29,30)14-8-6-7-13(11-14)33-4)12-17(16)23-19(24-20(27)31-2)25-21(28)32-3/h6-12H,5H2,1-4H3,(H,22,26)(H2,23,24,25,27,28). The Hall–Kier alpha value is -3.58. The Labute approximate surface area is 201 Å². The number of hydrogen-bond donors (Lipinski definition) is 3. The first kappa shape index (κ1) is 26.7. The molecular weight excluding hydrogens is 484 g/mol. The van der Waals surface area contributed by atoms with E-state index in [1.807, 2.05) is 6.26 Å². The van der Waals surface area contributed by atoms with Crippen LogP contribution in [0.1, 0.15) is 13.3 Å². The van der Waals surface area contributed by atoms with E-state index in [0.717, 1.165) is 19.1 Å². The number of rotatable bonds is 6. The van der Waals surface area contributed by atoms with Gasteiger partial charge in [0.2, 0.25) is 21.7 Å². The van der Waals surface area contributed by atoms with Gasteiger partial charge in [0.1, 0.15) is 0 Å². The zero-order valence-electron chi connectivity index (χ0n) is 18.9. The molecule has 0 unspecified atom stereocenters. The lowest BCUT2D eigenvalue weighted by Crippen LogP contribution is -2.36. The molecular formula is C21H24N4O7S2. The van der Waals surface area contributed by atoms with Crippen LogP contribution in [0.2, 0.25) is 0 Å². The first-order chi connectivity index (χ1) is 16.1. The molecule has 13 heteroatoms. The highest BCUT2D eigenvalue weighted by Gasteiger charge is 2.21. The van der Waals surface area contributed by atoms with E-state index in [9.17, 15) is 22.8 Å². The maximum atomic E-state index is 13.3. The lowest BCUT2D eigenvalue weighted by molar-refractivity contribution is -0.115. The van der Waals surface area contributed by atoms with Crippen LogP contribution in [0.15, 0.2) is 62.1 Å². The number of carbonyl (C=O) groups is 3. The summed E-state index contributed by atoms with van der Waals surface area (Å²) in [5, 5.41) is 7.46. The van der Waals surface area contributed by atoms with Crippen LogP contribution in [0.4, 0.5) is 21.0 Å². The summed E-state index contributed by atoms with van der Waals surface area (Å²) >= 11 is 1.40. The summed E-state index contributed by atoms with van der Waals surface area (Å²) in [7, 11) is -1.75. The molecule has 0 heterocycles. The predicted molar refractivity (Wildman–Crippen MR) is 128 cm³/mol. The third kappa shape index (κ3) is 6.96. The van der Waals surface area contributed by atoms with Gasteiger partial charge in [-0.3, -0.25) is 10.1 Å². The zero-order valence-corrected chi connectivity index (χ0v) is 20.5. The van der Waals surface area contributed by atoms with Crippen molar-refractivity contribution in [2.45, 2.75) is 28.0 Å². The van der Waals surface area contributed by atoms with Gasteiger partial charge in [0.05, 0.1) is 35.4 Å². The molecule has 0 aliphatic carbocycles. The van der Waals surface area contributed by atoms with E-state index in [-0.39, 0.29) is 33.5 Å². The van der Waals surface area contributed by atoms with Crippen molar-refractivity contribution in [3.05, 3.63) is 42.5 Å². The highest BCUT2D eigenvalue weighted by atomic mass is 32.2. The minimum atomic E-state index is -3.95. The molecule has 0 bridgehead atoms. The number of methoxy groups -OCH3 is 2. The molecule has 3 amide bonds. The van der Waals surface area contributed by atoms with Crippen molar-refractivity contribution in [3.8, 4) is 0 Å². The number of carbonyl (C=O) groups excluding carboxylic acids is 3. The number of hydrogen-bond acceptors (Lipinski definition) is 8. The summed E-state index contributed by atoms with van der Waals surface area (Å²) in [6.45, 7) is 1.64. The summed E-state index contributed by atoms with van der Waals surface area (Å²) in [5.74, 6) is -0.761. The third-order valence-electron chi connectivity index (χ3n) is 4.28. The van der Waals surface area contributed by atoms with Crippen LogP contribution >= 0.6 is 11.8 Å². The number of alkyl carbamates (subject to hydrolysis) is 1. The second-order valence-electron chi connectivity index (χ2n) is 6.46. The van der Waals surface area contributed by atoms with Crippen LogP contribution in [0.5, 0.6) is 0 Å². The molecule has 0 saturated carbocycles. The number of benzene rings is 2. The number of amides is 3. The van der Waals surface area contributed by atoms with Crippen LogP contribution in [0, 0.1) is 0 Å². The number of nitrogens with one attached hydrogen (secondary N) is 3. The number of nitrogens with zero attached hydrogens (tertiary/aromatic N) is 1. The molecule has 0 atom stereocenters. The minimum Gasteiger partial charge on any atom is -0.453 e. The summed E-state index contributed by atoms with van der Waals surface area (Å²) in [5.41, 5.74) is 0.232. The molecule has 34 heavy (non-hydrogen) atoms. The quantitative estimate of drug-likeness (QED) is 0.302. The van der Waals surface area contributed by atoms with Crippen molar-refractivity contribution in [3.63, 3.8) is 0 Å². The van der Waals surface area contributed by atoms with Gasteiger partial charge in [-0.05, 0) is 42.7 Å². The fourth-order valence-electron chi connectivity index (χ4n) is 2.55. The molecule has 0 spiro atoms. The van der Waals surface area contributed by atoms with Crippen LogP contribution in [0.3, 0.4) is 0 Å². The second kappa shape index (κ2) is 12.0. The van der Waals surface area contributed by atoms with E-state index >= 15 is 0 Å². The Kier molecular flexibility index (Phi) is 9.45. The number of anilines is 2. The van der Waals surface area contributed by atoms with E-state index in [1.54, 1.807) is 25.1 Å². The average molecular weight is 509 g/mol. The Morgan fingerprint density at radius 3 is 2.29 bits per heavy atom. The molecule has 2 rings (SSSR count). The number of ether oxygens (including phenoxy) is 2. The Morgan fingerprint density at radius 2 is 1.68 bits per heavy atom. The first-order valence-electron chi connectivity index (χ1n) is 9.76. The predicted octanol–water partition coefficient (Wildman–Crippen LogP) is 3.48. The summed E-state index contributed by atoms with van der Waals surface area (Å²) in [6.07, 6.45) is -0.0115. The van der Waals surface area contributed by atoms with E-state index in [4.69, 9.17) is 0 Å². The first-order valence-corrected chi connectivity index (χ1v) is 12.5. The topological polar surface area (TPSA) is 152 Å². The highest BCUT2D eigenvalue weighted by Crippen LogP contribution is 2.30. The largest absolute Gasteiger partial charge is 0.453 e. The summed E-state index contributed by atoms with van der Waals surface area (Å²) in [4.78, 5) is 39.6. The maximum Gasteiger partial charge on any atom is 0.436 e. The monoisotopic (exact) mass is 508 g/mol. The molecule has 0 aliphatic rings. The number of guanidine groups is 1. The number of aliphatic imine (C=N–C) groups is 1. The van der Waals surface area contributed by atoms with Gasteiger partial charge in [0.25, 0.3) is 0 Å². The van der Waals surface area contributed by atoms with Gasteiger partial charge < -0.3 is 20.1 Å². The van der Waals surface area contributed by atoms with E-state index in [2.05, 4.69) is 30.4 Å². The van der Waals surface area contributed by atoms with Crippen molar-refractivity contribution in [2.24, 2.45) is 4.99 Å². The molecule has 0 fully saturated rings. The summed E-state index contributed by atoms with van der Waals surface area (Å²) < 4.78 is 35.5. The van der Waals surface area contributed by atoms with E-state index in [0.29, 0.717) is 0 Å². The Bertz CT molecular complexity index is 1210. The molecule has 2 aromatic carbocycles. The molecule has 3 N–H and O–H groups in total. The maximum absolute atomic E-state index is 13.3. The van der Waals surface area contributed by atoms with Crippen molar-refractivity contribution >= 4 is 57.0 Å². The smallest absolute Gasteiger partial charge is 0.436 e. The van der Waals surface area contributed by atoms with Crippen LogP contribution in [0.25, 0.3) is 0 Å². The fraction of sp³-hybridized carbons (Fsp3) is 0.238. The van der Waals surface area contributed by atoms with Crippen LogP contribution in [-0.4, -0.2) is 52.9 Å². The molecule has 0 aromatic heterocycles. The van der Waals surface area contributed by atoms with Crippen molar-refractivity contribution in [2.75, 3.05) is 31.1 Å². The fourth-order valence-corrected chi connectivity index (χ4v) is 4.41. The molecule has 11 nitrogen and oxygen atoms in total. The lowest BCUT2D eigenvalue weighted by atomic mass is 10.2. The van der Waals surface area contributed by atoms with E-state index < -0.39 is 28.0 Å². The van der Waals surface area contributed by atoms with Crippen LogP contribution < -0.4 is 16.0 Å². The average Bonchev–Trinajstić information content (AvgIpc) is 2.84. The van der Waals surface area contributed by atoms with E-state index in [1.165, 1.54) is 36.0 Å². The van der Waals surface area contributed by atoms with Gasteiger partial charge in [-0.15, -0.1) is 16.8 Å². The highest BCUT2D eigenvalue weighted by molar-refractivity contribution is 7.98. The van der Waals surface area contributed by atoms with Crippen molar-refractivity contribution in [1.29, 1.82) is 0 Å². The van der Waals surface area contributed by atoms with Gasteiger partial charge in [-0.1, -0.05) is 13.0 Å². The SMILES string of the molecule is CCC(=O)Nc1ccc(S(=O)(=O)c2cccc(SC)c2)cc1NC(=NC(=O)OC)NC(=O)OC. The van der Waals surface area contributed by atoms with Crippen molar-refractivity contribution < 1.29 is 32.3 Å². The Morgan fingerprint density at radius 1 is 0.971 bits per heavy atom. The van der Waals surface area contributed by atoms with Gasteiger partial charge in [-0.25, -0.2) is 18.0 Å². The molecule has 2 aromatic rings. The molecule has 0 saturated heterocycles. The molecule has 182 valence electrons. The van der Waals surface area contributed by atoms with Crippen molar-refractivity contribution in [1.82, 2.24) is 5.32 Å². The zero-order chi connectivity index (χ0) is 25.3. The Balaban J connectivity index is 2.59. The van der Waals surface area contributed by atoms with Gasteiger partial charge in [0.15, 0.2) is 0 Å². The van der Waals surface area contributed by atoms with Crippen LogP contribution in [-0.2, 0) is 24.1 Å². The minimum absolute atomic E-state index is 0.0444. The molecule has 0 radical (unpaired) electrons. The van der Waals surface area contributed by atoms with Gasteiger partial charge in [0, 0.05) is 11.3 Å². The lowest BCUT2D eigenvalue weighted by Gasteiger charge is -2.16. The van der Waals surface area contributed by atoms with Gasteiger partial charge in [-0.2, -0.15) is 0 Å².